The van der Waals surface area contributed by atoms with Gasteiger partial charge >= 0.3 is 5.97 Å². The highest BCUT2D eigenvalue weighted by molar-refractivity contribution is 5.86. The molecule has 1 amide bonds. The van der Waals surface area contributed by atoms with E-state index in [1.807, 2.05) is 58.0 Å². The lowest BCUT2D eigenvalue weighted by molar-refractivity contribution is -0.146. The Labute approximate surface area is 145 Å². The third-order valence-corrected chi connectivity index (χ3v) is 3.36. The van der Waals surface area contributed by atoms with Crippen LogP contribution in [-0.2, 0) is 20.7 Å². The number of carbonyl (C=O) groups excluding carboxylic acids is 2. The van der Waals surface area contributed by atoms with E-state index in [4.69, 9.17) is 0 Å². The predicted octanol–water partition coefficient (Wildman–Crippen LogP) is 2.71. The Morgan fingerprint density at radius 1 is 1.17 bits per heavy atom. The molecule has 0 saturated heterocycles. The van der Waals surface area contributed by atoms with E-state index in [1.54, 1.807) is 0 Å². The van der Waals surface area contributed by atoms with Gasteiger partial charge in [0.1, 0.15) is 12.1 Å². The van der Waals surface area contributed by atoms with Gasteiger partial charge in [-0.25, -0.2) is 4.79 Å². The van der Waals surface area contributed by atoms with Crippen LogP contribution in [0.25, 0.3) is 0 Å². The van der Waals surface area contributed by atoms with Crippen molar-refractivity contribution in [3.05, 3.63) is 35.9 Å². The number of aliphatic hydroxyl groups is 1. The van der Waals surface area contributed by atoms with Gasteiger partial charge in [0, 0.05) is 0 Å². The van der Waals surface area contributed by atoms with Crippen LogP contribution in [0.1, 0.15) is 46.1 Å². The molecule has 5 heteroatoms. The number of benzene rings is 1. The fourth-order valence-electron chi connectivity index (χ4n) is 2.17. The maximum absolute atomic E-state index is 12.0. The van der Waals surface area contributed by atoms with Crippen molar-refractivity contribution in [1.29, 1.82) is 0 Å². The number of hydrogen-bond acceptors (Lipinski definition) is 4. The molecule has 0 fully saturated rings. The molecule has 2 atom stereocenters. The van der Waals surface area contributed by atoms with Gasteiger partial charge in [0.15, 0.2) is 0 Å². The van der Waals surface area contributed by atoms with Crippen LogP contribution in [0.2, 0.25) is 0 Å². The van der Waals surface area contributed by atoms with Crippen LogP contribution >= 0.6 is 0 Å². The Hall–Kier alpha value is -1.88. The summed E-state index contributed by atoms with van der Waals surface area (Å²) in [4.78, 5) is 23.7. The Balaban J connectivity index is 0.00000254. The Morgan fingerprint density at radius 2 is 1.75 bits per heavy atom. The van der Waals surface area contributed by atoms with Gasteiger partial charge in [0.05, 0.1) is 7.11 Å². The minimum Gasteiger partial charge on any atom is -0.467 e. The van der Waals surface area contributed by atoms with E-state index in [9.17, 15) is 14.7 Å². The summed E-state index contributed by atoms with van der Waals surface area (Å²) < 4.78 is 4.69. The van der Waals surface area contributed by atoms with Crippen molar-refractivity contribution in [2.45, 2.75) is 59.1 Å². The summed E-state index contributed by atoms with van der Waals surface area (Å²) in [6.07, 6.45) is 0.247. The minimum atomic E-state index is -1.14. The molecule has 2 N–H and O–H groups in total. The normalized spacial score (nSPS) is 12.6. The molecule has 1 aromatic rings. The van der Waals surface area contributed by atoms with E-state index >= 15 is 0 Å². The highest BCUT2D eigenvalue weighted by Crippen LogP contribution is 2.09. The summed E-state index contributed by atoms with van der Waals surface area (Å²) in [6, 6.07) is 8.92. The third kappa shape index (κ3) is 8.67. The number of rotatable bonds is 8. The van der Waals surface area contributed by atoms with Crippen molar-refractivity contribution < 1.29 is 19.4 Å². The topological polar surface area (TPSA) is 75.6 Å². The average Bonchev–Trinajstić information content (AvgIpc) is 2.60. The van der Waals surface area contributed by atoms with Crippen LogP contribution in [0, 0.1) is 5.92 Å². The van der Waals surface area contributed by atoms with E-state index in [0.717, 1.165) is 5.56 Å². The molecule has 1 aromatic carbocycles. The van der Waals surface area contributed by atoms with Crippen molar-refractivity contribution in [2.24, 2.45) is 5.92 Å². The number of hydrogen-bond donors (Lipinski definition) is 2. The number of aliphatic hydroxyl groups excluding tert-OH is 1. The lowest BCUT2D eigenvalue weighted by atomic mass is 10.0. The second-order valence-corrected chi connectivity index (χ2v) is 5.75. The van der Waals surface area contributed by atoms with Crippen molar-refractivity contribution >= 4 is 11.9 Å². The number of methoxy groups -OCH3 is 1. The first-order valence-corrected chi connectivity index (χ1v) is 8.54. The predicted molar refractivity (Wildman–Crippen MR) is 95.5 cm³/mol. The largest absolute Gasteiger partial charge is 0.467 e. The quantitative estimate of drug-likeness (QED) is 0.715. The SMILES string of the molecule is CC.COC(=O)C(CC(C)C)NC(=O)C(O)CCc1ccccc1. The summed E-state index contributed by atoms with van der Waals surface area (Å²) in [7, 11) is 1.29. The van der Waals surface area contributed by atoms with Gasteiger partial charge in [-0.2, -0.15) is 0 Å². The summed E-state index contributed by atoms with van der Waals surface area (Å²) >= 11 is 0. The first-order valence-electron chi connectivity index (χ1n) is 8.54. The van der Waals surface area contributed by atoms with Crippen molar-refractivity contribution in [3.63, 3.8) is 0 Å². The molecule has 1 rings (SSSR count). The monoisotopic (exact) mass is 337 g/mol. The molecule has 5 nitrogen and oxygen atoms in total. The van der Waals surface area contributed by atoms with Crippen LogP contribution in [0.15, 0.2) is 30.3 Å². The molecule has 0 heterocycles. The zero-order valence-corrected chi connectivity index (χ0v) is 15.4. The molecule has 0 aliphatic rings. The average molecular weight is 337 g/mol. The maximum atomic E-state index is 12.0. The van der Waals surface area contributed by atoms with E-state index in [1.165, 1.54) is 7.11 Å². The lowest BCUT2D eigenvalue weighted by Gasteiger charge is -2.20. The Kier molecular flexibility index (Phi) is 11.5. The fourth-order valence-corrected chi connectivity index (χ4v) is 2.17. The molecular formula is C19H31NO4. The number of aryl methyl sites for hydroxylation is 1. The van der Waals surface area contributed by atoms with Crippen molar-refractivity contribution in [2.75, 3.05) is 7.11 Å². The summed E-state index contributed by atoms with van der Waals surface area (Å²) in [5, 5.41) is 12.5. The second-order valence-electron chi connectivity index (χ2n) is 5.75. The van der Waals surface area contributed by atoms with Crippen LogP contribution < -0.4 is 5.32 Å². The third-order valence-electron chi connectivity index (χ3n) is 3.36. The minimum absolute atomic E-state index is 0.228. The maximum Gasteiger partial charge on any atom is 0.328 e. The number of esters is 1. The molecule has 2 unspecified atom stereocenters. The molecular weight excluding hydrogens is 306 g/mol. The molecule has 136 valence electrons. The summed E-state index contributed by atoms with van der Waals surface area (Å²) in [5.74, 6) is -0.796. The van der Waals surface area contributed by atoms with E-state index in [0.29, 0.717) is 19.3 Å². The van der Waals surface area contributed by atoms with Gasteiger partial charge in [0.2, 0.25) is 5.91 Å². The van der Waals surface area contributed by atoms with Gasteiger partial charge in [-0.15, -0.1) is 0 Å². The highest BCUT2D eigenvalue weighted by atomic mass is 16.5. The Morgan fingerprint density at radius 3 is 2.25 bits per heavy atom. The summed E-state index contributed by atoms with van der Waals surface area (Å²) in [5.41, 5.74) is 1.06. The van der Waals surface area contributed by atoms with Crippen molar-refractivity contribution in [1.82, 2.24) is 5.32 Å². The summed E-state index contributed by atoms with van der Waals surface area (Å²) in [6.45, 7) is 7.90. The van der Waals surface area contributed by atoms with Crippen LogP contribution in [0.4, 0.5) is 0 Å². The van der Waals surface area contributed by atoms with Gasteiger partial charge in [-0.1, -0.05) is 58.0 Å². The number of nitrogens with one attached hydrogen (secondary N) is 1. The molecule has 0 aromatic heterocycles. The number of carbonyl (C=O) groups is 2. The lowest BCUT2D eigenvalue weighted by Crippen LogP contribution is -2.46. The van der Waals surface area contributed by atoms with E-state index < -0.39 is 24.0 Å². The zero-order valence-electron chi connectivity index (χ0n) is 15.4. The van der Waals surface area contributed by atoms with E-state index in [-0.39, 0.29) is 5.92 Å². The first-order chi connectivity index (χ1) is 11.4. The first kappa shape index (κ1) is 22.1. The Bertz CT molecular complexity index is 474. The molecule has 0 radical (unpaired) electrons. The second kappa shape index (κ2) is 12.5. The number of ether oxygens (including phenoxy) is 1. The standard InChI is InChI=1S/C17H25NO4.C2H6/c1-12(2)11-14(17(21)22-3)18-16(20)15(19)10-9-13-7-5-4-6-8-13;1-2/h4-8,12,14-15,19H,9-11H2,1-3H3,(H,18,20);1-2H3. The highest BCUT2D eigenvalue weighted by Gasteiger charge is 2.25. The van der Waals surface area contributed by atoms with Crippen LogP contribution in [-0.4, -0.2) is 36.2 Å². The molecule has 24 heavy (non-hydrogen) atoms. The van der Waals surface area contributed by atoms with Crippen LogP contribution in [0.3, 0.4) is 0 Å². The van der Waals surface area contributed by atoms with Gasteiger partial charge < -0.3 is 15.2 Å². The zero-order chi connectivity index (χ0) is 18.5. The van der Waals surface area contributed by atoms with Gasteiger partial charge in [-0.05, 0) is 30.7 Å². The molecule has 0 aliphatic heterocycles. The molecule has 0 saturated carbocycles. The molecule has 0 aliphatic carbocycles. The van der Waals surface area contributed by atoms with Crippen LogP contribution in [0.5, 0.6) is 0 Å². The van der Waals surface area contributed by atoms with E-state index in [2.05, 4.69) is 10.1 Å². The molecule has 0 spiro atoms. The van der Waals surface area contributed by atoms with Crippen molar-refractivity contribution in [3.8, 4) is 0 Å². The smallest absolute Gasteiger partial charge is 0.328 e. The molecule has 0 bridgehead atoms. The number of amides is 1. The van der Waals surface area contributed by atoms with Gasteiger partial charge in [0.25, 0.3) is 0 Å². The fraction of sp³-hybridized carbons (Fsp3) is 0.579. The van der Waals surface area contributed by atoms with Gasteiger partial charge in [-0.3, -0.25) is 4.79 Å².